The van der Waals surface area contributed by atoms with Gasteiger partial charge in [-0.1, -0.05) is 36.4 Å². The van der Waals surface area contributed by atoms with Crippen LogP contribution in [0.5, 0.6) is 5.75 Å². The highest BCUT2D eigenvalue weighted by molar-refractivity contribution is 7.89. The fourth-order valence-corrected chi connectivity index (χ4v) is 5.63. The van der Waals surface area contributed by atoms with Crippen LogP contribution in [0.4, 0.5) is 10.1 Å². The van der Waals surface area contributed by atoms with E-state index < -0.39 is 21.8 Å². The lowest BCUT2D eigenvalue weighted by Crippen LogP contribution is -2.43. The predicted octanol–water partition coefficient (Wildman–Crippen LogP) is 4.03. The maximum atomic E-state index is 13.8. The van der Waals surface area contributed by atoms with E-state index in [1.807, 2.05) is 42.5 Å². The first-order valence-electron chi connectivity index (χ1n) is 10.0. The molecule has 1 aliphatic heterocycles. The van der Waals surface area contributed by atoms with Crippen molar-refractivity contribution >= 4 is 32.4 Å². The van der Waals surface area contributed by atoms with Crippen LogP contribution in [0.3, 0.4) is 0 Å². The van der Waals surface area contributed by atoms with Crippen molar-refractivity contribution in [1.82, 2.24) is 4.31 Å². The number of hydrogen-bond acceptors (Lipinski definition) is 4. The van der Waals surface area contributed by atoms with Crippen LogP contribution in [0, 0.1) is 11.7 Å². The van der Waals surface area contributed by atoms with E-state index in [0.29, 0.717) is 18.5 Å². The molecule has 1 heterocycles. The molecule has 31 heavy (non-hydrogen) atoms. The summed E-state index contributed by atoms with van der Waals surface area (Å²) < 4.78 is 46.4. The van der Waals surface area contributed by atoms with Crippen molar-refractivity contribution in [3.63, 3.8) is 0 Å². The first-order chi connectivity index (χ1) is 14.9. The third kappa shape index (κ3) is 4.26. The molecule has 3 aromatic carbocycles. The second-order valence-corrected chi connectivity index (χ2v) is 9.42. The average Bonchev–Trinajstić information content (AvgIpc) is 2.79. The molecule has 1 saturated heterocycles. The van der Waals surface area contributed by atoms with E-state index in [1.165, 1.54) is 17.5 Å². The summed E-state index contributed by atoms with van der Waals surface area (Å²) in [6.07, 6.45) is 1.10. The molecule has 1 fully saturated rings. The molecule has 1 unspecified atom stereocenters. The number of anilines is 1. The second kappa shape index (κ2) is 8.64. The Kier molecular flexibility index (Phi) is 5.93. The monoisotopic (exact) mass is 442 g/mol. The maximum Gasteiger partial charge on any atom is 0.246 e. The van der Waals surface area contributed by atoms with E-state index in [-0.39, 0.29) is 29.6 Å². The van der Waals surface area contributed by atoms with E-state index in [0.717, 1.165) is 22.9 Å². The molecule has 162 valence electrons. The Balaban J connectivity index is 1.56. The van der Waals surface area contributed by atoms with Gasteiger partial charge in [-0.2, -0.15) is 4.31 Å². The number of carbonyl (C=O) groups excluding carboxylic acids is 1. The number of fused-ring (bicyclic) bond motifs is 1. The molecule has 0 aromatic heterocycles. The van der Waals surface area contributed by atoms with E-state index in [2.05, 4.69) is 5.32 Å². The van der Waals surface area contributed by atoms with Crippen LogP contribution in [0.1, 0.15) is 12.8 Å². The Morgan fingerprint density at radius 1 is 1.13 bits per heavy atom. The van der Waals surface area contributed by atoms with Gasteiger partial charge in [-0.05, 0) is 42.5 Å². The van der Waals surface area contributed by atoms with Crippen molar-refractivity contribution in [3.8, 4) is 5.75 Å². The minimum absolute atomic E-state index is 0.0264. The van der Waals surface area contributed by atoms with Gasteiger partial charge in [0.05, 0.1) is 13.0 Å². The summed E-state index contributed by atoms with van der Waals surface area (Å²) in [5.74, 6) is -1.34. The topological polar surface area (TPSA) is 75.7 Å². The molecule has 0 bridgehead atoms. The minimum Gasteiger partial charge on any atom is -0.495 e. The number of rotatable bonds is 5. The van der Waals surface area contributed by atoms with Gasteiger partial charge < -0.3 is 10.1 Å². The number of halogens is 1. The van der Waals surface area contributed by atoms with Crippen molar-refractivity contribution < 1.29 is 22.3 Å². The summed E-state index contributed by atoms with van der Waals surface area (Å²) >= 11 is 0. The molecule has 0 spiro atoms. The maximum absolute atomic E-state index is 13.8. The quantitative estimate of drug-likeness (QED) is 0.647. The van der Waals surface area contributed by atoms with Gasteiger partial charge in [0.15, 0.2) is 0 Å². The molecular formula is C23H23FN2O4S. The number of ether oxygens (including phenoxy) is 1. The molecule has 6 nitrogen and oxygen atoms in total. The molecule has 8 heteroatoms. The summed E-state index contributed by atoms with van der Waals surface area (Å²) in [5.41, 5.74) is 0.690. The number of piperidine rings is 1. The minimum atomic E-state index is -4.01. The van der Waals surface area contributed by atoms with Crippen molar-refractivity contribution in [2.75, 3.05) is 25.5 Å². The molecular weight excluding hydrogens is 419 g/mol. The highest BCUT2D eigenvalue weighted by Crippen LogP contribution is 2.31. The number of nitrogens with zero attached hydrogens (tertiary/aromatic N) is 1. The molecule has 1 atom stereocenters. The van der Waals surface area contributed by atoms with E-state index in [9.17, 15) is 17.6 Å². The zero-order valence-corrected chi connectivity index (χ0v) is 17.9. The third-order valence-corrected chi connectivity index (χ3v) is 7.43. The average molecular weight is 443 g/mol. The SMILES string of the molecule is COc1ccc(F)cc1S(=O)(=O)N1CCCC(C(=O)Nc2cccc3ccccc23)C1. The molecule has 0 saturated carbocycles. The standard InChI is InChI=1S/C23H23FN2O4S/c1-30-21-12-11-18(24)14-22(21)31(28,29)26-13-5-8-17(15-26)23(27)25-20-10-4-7-16-6-2-3-9-19(16)20/h2-4,6-7,9-12,14,17H,5,8,13,15H2,1H3,(H,25,27). The number of methoxy groups -OCH3 is 1. The highest BCUT2D eigenvalue weighted by atomic mass is 32.2. The van der Waals surface area contributed by atoms with Crippen molar-refractivity contribution in [1.29, 1.82) is 0 Å². The predicted molar refractivity (Wildman–Crippen MR) is 117 cm³/mol. The number of amides is 1. The lowest BCUT2D eigenvalue weighted by atomic mass is 9.98. The summed E-state index contributed by atoms with van der Waals surface area (Å²) in [7, 11) is -2.68. The van der Waals surface area contributed by atoms with Gasteiger partial charge in [-0.15, -0.1) is 0 Å². The lowest BCUT2D eigenvalue weighted by molar-refractivity contribution is -0.120. The first-order valence-corrected chi connectivity index (χ1v) is 11.5. The van der Waals surface area contributed by atoms with E-state index >= 15 is 0 Å². The normalized spacial score (nSPS) is 17.4. The number of carbonyl (C=O) groups is 1. The largest absolute Gasteiger partial charge is 0.495 e. The van der Waals surface area contributed by atoms with Crippen LogP contribution in [-0.2, 0) is 14.8 Å². The second-order valence-electron chi connectivity index (χ2n) is 7.51. The van der Waals surface area contributed by atoms with Crippen LogP contribution in [0.2, 0.25) is 0 Å². The van der Waals surface area contributed by atoms with Crippen molar-refractivity contribution in [2.45, 2.75) is 17.7 Å². The number of sulfonamides is 1. The Labute approximate surface area is 180 Å². The molecule has 4 rings (SSSR count). The Hall–Kier alpha value is -2.97. The summed E-state index contributed by atoms with van der Waals surface area (Å²) in [6, 6.07) is 16.8. The van der Waals surface area contributed by atoms with Crippen LogP contribution in [0.15, 0.2) is 65.6 Å². The summed E-state index contributed by atoms with van der Waals surface area (Å²) in [5, 5.41) is 4.88. The van der Waals surface area contributed by atoms with Gasteiger partial charge in [0, 0.05) is 24.2 Å². The number of nitrogens with one attached hydrogen (secondary N) is 1. The molecule has 1 aliphatic rings. The number of hydrogen-bond donors (Lipinski definition) is 1. The zero-order chi connectivity index (χ0) is 22.0. The van der Waals surface area contributed by atoms with Crippen LogP contribution < -0.4 is 10.1 Å². The van der Waals surface area contributed by atoms with Gasteiger partial charge >= 0.3 is 0 Å². The Bertz CT molecular complexity index is 1220. The first kappa shape index (κ1) is 21.3. The molecule has 3 aromatic rings. The van der Waals surface area contributed by atoms with E-state index in [4.69, 9.17) is 4.74 Å². The van der Waals surface area contributed by atoms with Crippen LogP contribution in [0.25, 0.3) is 10.8 Å². The van der Waals surface area contributed by atoms with Gasteiger partial charge in [0.1, 0.15) is 16.5 Å². The molecule has 1 amide bonds. The van der Waals surface area contributed by atoms with Crippen molar-refractivity contribution in [2.24, 2.45) is 5.92 Å². The fourth-order valence-electron chi connectivity index (χ4n) is 3.94. The number of benzene rings is 3. The van der Waals surface area contributed by atoms with Crippen LogP contribution >= 0.6 is 0 Å². The van der Waals surface area contributed by atoms with Gasteiger partial charge in [-0.25, -0.2) is 12.8 Å². The smallest absolute Gasteiger partial charge is 0.246 e. The molecule has 0 radical (unpaired) electrons. The van der Waals surface area contributed by atoms with Gasteiger partial charge in [0.2, 0.25) is 15.9 Å². The van der Waals surface area contributed by atoms with Gasteiger partial charge in [-0.3, -0.25) is 4.79 Å². The van der Waals surface area contributed by atoms with Gasteiger partial charge in [0.25, 0.3) is 0 Å². The molecule has 0 aliphatic carbocycles. The zero-order valence-electron chi connectivity index (χ0n) is 17.0. The van der Waals surface area contributed by atoms with Crippen LogP contribution in [-0.4, -0.2) is 38.8 Å². The van der Waals surface area contributed by atoms with E-state index in [1.54, 1.807) is 0 Å². The molecule has 1 N–H and O–H groups in total. The lowest BCUT2D eigenvalue weighted by Gasteiger charge is -2.31. The Morgan fingerprint density at radius 3 is 2.71 bits per heavy atom. The summed E-state index contributed by atoms with van der Waals surface area (Å²) in [6.45, 7) is 0.290. The Morgan fingerprint density at radius 2 is 1.90 bits per heavy atom. The van der Waals surface area contributed by atoms with Crippen molar-refractivity contribution in [3.05, 3.63) is 66.5 Å². The summed E-state index contributed by atoms with van der Waals surface area (Å²) in [4.78, 5) is 12.7. The third-order valence-electron chi connectivity index (χ3n) is 5.55. The highest BCUT2D eigenvalue weighted by Gasteiger charge is 2.35. The fraction of sp³-hybridized carbons (Fsp3) is 0.261.